The Morgan fingerprint density at radius 1 is 0.957 bits per heavy atom. The molecule has 0 aliphatic rings. The lowest BCUT2D eigenvalue weighted by Gasteiger charge is -2.09. The molecular formula is C16H11Cl2N3O2. The maximum Gasteiger partial charge on any atom is 0.233 e. The van der Waals surface area contributed by atoms with E-state index in [1.54, 1.807) is 42.5 Å². The van der Waals surface area contributed by atoms with E-state index in [2.05, 4.69) is 10.6 Å². The number of rotatable bonds is 4. The van der Waals surface area contributed by atoms with E-state index in [1.165, 1.54) is 0 Å². The van der Waals surface area contributed by atoms with Gasteiger partial charge in [-0.25, -0.2) is 0 Å². The molecule has 0 unspecified atom stereocenters. The van der Waals surface area contributed by atoms with Crippen LogP contribution in [0.1, 0.15) is 12.0 Å². The molecule has 0 heterocycles. The minimum Gasteiger partial charge on any atom is -0.324 e. The molecule has 2 N–H and O–H groups in total. The van der Waals surface area contributed by atoms with Gasteiger partial charge in [0.1, 0.15) is 12.5 Å². The topological polar surface area (TPSA) is 82.0 Å². The van der Waals surface area contributed by atoms with E-state index in [0.29, 0.717) is 22.0 Å². The lowest BCUT2D eigenvalue weighted by molar-refractivity contribution is -0.123. The van der Waals surface area contributed by atoms with Gasteiger partial charge in [-0.1, -0.05) is 41.4 Å². The second-order valence-electron chi connectivity index (χ2n) is 4.53. The molecule has 116 valence electrons. The Kier molecular flexibility index (Phi) is 5.58. The lowest BCUT2D eigenvalue weighted by atomic mass is 10.2. The molecule has 2 aromatic carbocycles. The molecular weight excluding hydrogens is 337 g/mol. The molecule has 0 aromatic heterocycles. The van der Waals surface area contributed by atoms with Crippen LogP contribution in [-0.4, -0.2) is 11.8 Å². The van der Waals surface area contributed by atoms with Crippen molar-refractivity contribution in [3.05, 3.63) is 58.1 Å². The third-order valence-corrected chi connectivity index (χ3v) is 3.69. The molecule has 0 saturated carbocycles. The summed E-state index contributed by atoms with van der Waals surface area (Å²) < 4.78 is 0. The number of benzene rings is 2. The van der Waals surface area contributed by atoms with E-state index in [4.69, 9.17) is 28.5 Å². The summed E-state index contributed by atoms with van der Waals surface area (Å²) in [7, 11) is 0. The highest BCUT2D eigenvalue weighted by atomic mass is 35.5. The molecule has 0 saturated heterocycles. The van der Waals surface area contributed by atoms with E-state index in [-0.39, 0.29) is 5.02 Å². The predicted octanol–water partition coefficient (Wildman–Crippen LogP) is 3.83. The van der Waals surface area contributed by atoms with Crippen molar-refractivity contribution >= 4 is 46.4 Å². The third kappa shape index (κ3) is 4.46. The Labute approximate surface area is 142 Å². The number of para-hydroxylation sites is 1. The van der Waals surface area contributed by atoms with Gasteiger partial charge in [-0.3, -0.25) is 9.59 Å². The number of nitrogens with zero attached hydrogens (tertiary/aromatic N) is 1. The van der Waals surface area contributed by atoms with Crippen LogP contribution in [0.15, 0.2) is 42.5 Å². The van der Waals surface area contributed by atoms with Crippen LogP contribution in [0, 0.1) is 11.3 Å². The summed E-state index contributed by atoms with van der Waals surface area (Å²) in [6, 6.07) is 13.3. The first-order valence-electron chi connectivity index (χ1n) is 6.54. The van der Waals surface area contributed by atoms with Crippen molar-refractivity contribution < 1.29 is 9.59 Å². The Bertz CT molecular complexity index is 800. The van der Waals surface area contributed by atoms with Crippen LogP contribution in [0.3, 0.4) is 0 Å². The van der Waals surface area contributed by atoms with Gasteiger partial charge < -0.3 is 10.6 Å². The van der Waals surface area contributed by atoms with Crippen molar-refractivity contribution in [3.8, 4) is 6.07 Å². The second-order valence-corrected chi connectivity index (χ2v) is 5.32. The van der Waals surface area contributed by atoms with Crippen LogP contribution >= 0.6 is 23.2 Å². The number of anilines is 2. The van der Waals surface area contributed by atoms with Crippen LogP contribution in [-0.2, 0) is 9.59 Å². The maximum absolute atomic E-state index is 11.9. The van der Waals surface area contributed by atoms with Gasteiger partial charge in [0.05, 0.1) is 27.0 Å². The number of amides is 2. The summed E-state index contributed by atoms with van der Waals surface area (Å²) in [6.07, 6.45) is -0.414. The quantitative estimate of drug-likeness (QED) is 0.824. The van der Waals surface area contributed by atoms with Gasteiger partial charge in [-0.15, -0.1) is 0 Å². The maximum atomic E-state index is 11.9. The van der Waals surface area contributed by atoms with Crippen LogP contribution in [0.2, 0.25) is 10.0 Å². The minimum atomic E-state index is -0.541. The molecule has 2 rings (SSSR count). The van der Waals surface area contributed by atoms with Crippen molar-refractivity contribution in [1.82, 2.24) is 0 Å². The molecule has 0 aliphatic carbocycles. The fraction of sp³-hybridized carbons (Fsp3) is 0.0625. The number of hydrogen-bond acceptors (Lipinski definition) is 3. The zero-order chi connectivity index (χ0) is 16.8. The van der Waals surface area contributed by atoms with Crippen molar-refractivity contribution in [3.63, 3.8) is 0 Å². The molecule has 0 radical (unpaired) electrons. The Balaban J connectivity index is 1.99. The van der Waals surface area contributed by atoms with Crippen LogP contribution in [0.5, 0.6) is 0 Å². The van der Waals surface area contributed by atoms with Gasteiger partial charge in [0.2, 0.25) is 11.8 Å². The zero-order valence-corrected chi connectivity index (χ0v) is 13.3. The van der Waals surface area contributed by atoms with Crippen LogP contribution < -0.4 is 10.6 Å². The SMILES string of the molecule is N#Cc1ccccc1NC(=O)CC(=O)Nc1cccc(Cl)c1Cl. The molecule has 0 spiro atoms. The number of hydrogen-bond donors (Lipinski definition) is 2. The molecule has 0 fully saturated rings. The molecule has 0 aliphatic heterocycles. The summed E-state index contributed by atoms with van der Waals surface area (Å²) in [4.78, 5) is 23.8. The number of nitriles is 1. The summed E-state index contributed by atoms with van der Waals surface area (Å²) in [5.41, 5.74) is 1.00. The van der Waals surface area contributed by atoms with E-state index in [1.807, 2.05) is 6.07 Å². The highest BCUT2D eigenvalue weighted by molar-refractivity contribution is 6.44. The van der Waals surface area contributed by atoms with E-state index in [0.717, 1.165) is 0 Å². The van der Waals surface area contributed by atoms with Gasteiger partial charge in [-0.05, 0) is 24.3 Å². The van der Waals surface area contributed by atoms with Crippen molar-refractivity contribution in [2.24, 2.45) is 0 Å². The Morgan fingerprint density at radius 3 is 2.26 bits per heavy atom. The van der Waals surface area contributed by atoms with Crippen LogP contribution in [0.4, 0.5) is 11.4 Å². The monoisotopic (exact) mass is 347 g/mol. The van der Waals surface area contributed by atoms with Gasteiger partial charge in [0.15, 0.2) is 0 Å². The molecule has 7 heteroatoms. The molecule has 0 bridgehead atoms. The highest BCUT2D eigenvalue weighted by Crippen LogP contribution is 2.29. The van der Waals surface area contributed by atoms with E-state index in [9.17, 15) is 9.59 Å². The van der Waals surface area contributed by atoms with Crippen molar-refractivity contribution in [2.45, 2.75) is 6.42 Å². The molecule has 2 aromatic rings. The second kappa shape index (κ2) is 7.63. The van der Waals surface area contributed by atoms with Gasteiger partial charge >= 0.3 is 0 Å². The number of nitrogens with one attached hydrogen (secondary N) is 2. The summed E-state index contributed by atoms with van der Waals surface area (Å²) in [6.45, 7) is 0. The van der Waals surface area contributed by atoms with E-state index >= 15 is 0 Å². The fourth-order valence-electron chi connectivity index (χ4n) is 1.82. The number of halogens is 2. The Morgan fingerprint density at radius 2 is 1.57 bits per heavy atom. The summed E-state index contributed by atoms with van der Waals surface area (Å²) >= 11 is 11.8. The average Bonchev–Trinajstić information content (AvgIpc) is 2.52. The zero-order valence-electron chi connectivity index (χ0n) is 11.8. The highest BCUT2D eigenvalue weighted by Gasteiger charge is 2.13. The van der Waals surface area contributed by atoms with Gasteiger partial charge in [-0.2, -0.15) is 5.26 Å². The first-order chi connectivity index (χ1) is 11.0. The summed E-state index contributed by atoms with van der Waals surface area (Å²) in [5.74, 6) is -1.08. The smallest absolute Gasteiger partial charge is 0.233 e. The summed E-state index contributed by atoms with van der Waals surface area (Å²) in [5, 5.41) is 14.5. The van der Waals surface area contributed by atoms with Crippen molar-refractivity contribution in [1.29, 1.82) is 5.26 Å². The first-order valence-corrected chi connectivity index (χ1v) is 7.29. The number of carbonyl (C=O) groups excluding carboxylic acids is 2. The number of carbonyl (C=O) groups is 2. The third-order valence-electron chi connectivity index (χ3n) is 2.87. The minimum absolute atomic E-state index is 0.206. The normalized spacial score (nSPS) is 9.78. The van der Waals surface area contributed by atoms with Gasteiger partial charge in [0.25, 0.3) is 0 Å². The van der Waals surface area contributed by atoms with Gasteiger partial charge in [0, 0.05) is 0 Å². The fourth-order valence-corrected chi connectivity index (χ4v) is 2.17. The molecule has 23 heavy (non-hydrogen) atoms. The molecule has 5 nitrogen and oxygen atoms in total. The largest absolute Gasteiger partial charge is 0.324 e. The molecule has 0 atom stereocenters. The average molecular weight is 348 g/mol. The van der Waals surface area contributed by atoms with Crippen LogP contribution in [0.25, 0.3) is 0 Å². The van der Waals surface area contributed by atoms with Crippen molar-refractivity contribution in [2.75, 3.05) is 10.6 Å². The van der Waals surface area contributed by atoms with E-state index < -0.39 is 18.2 Å². The standard InChI is InChI=1S/C16H11Cl2N3O2/c17-11-5-3-7-13(16(11)18)21-15(23)8-14(22)20-12-6-2-1-4-10(12)9-19/h1-7H,8H2,(H,20,22)(H,21,23). The first kappa shape index (κ1) is 16.8. The Hall–Kier alpha value is -2.55. The molecule has 2 amide bonds. The lowest BCUT2D eigenvalue weighted by Crippen LogP contribution is -2.22. The predicted molar refractivity (Wildman–Crippen MR) is 89.5 cm³/mol.